The van der Waals surface area contributed by atoms with Crippen LogP contribution in [0.15, 0.2) is 42.7 Å². The molecule has 4 heteroatoms. The maximum atomic E-state index is 9.55. The van der Waals surface area contributed by atoms with Gasteiger partial charge in [0.1, 0.15) is 0 Å². The molecule has 108 valence electrons. The summed E-state index contributed by atoms with van der Waals surface area (Å²) in [7, 11) is 0. The van der Waals surface area contributed by atoms with Crippen LogP contribution >= 0.6 is 0 Å². The third-order valence-electron chi connectivity index (χ3n) is 3.98. The van der Waals surface area contributed by atoms with Crippen LogP contribution in [0.3, 0.4) is 0 Å². The van der Waals surface area contributed by atoms with Crippen LogP contribution < -0.4 is 5.32 Å². The molecule has 0 spiro atoms. The minimum atomic E-state index is -0.186. The van der Waals surface area contributed by atoms with Gasteiger partial charge in [-0.15, -0.1) is 0 Å². The van der Waals surface area contributed by atoms with E-state index in [9.17, 15) is 5.11 Å². The first-order chi connectivity index (χ1) is 9.73. The summed E-state index contributed by atoms with van der Waals surface area (Å²) < 4.78 is 1.87. The number of benzene rings is 1. The van der Waals surface area contributed by atoms with Gasteiger partial charge < -0.3 is 10.4 Å². The van der Waals surface area contributed by atoms with E-state index in [2.05, 4.69) is 24.3 Å². The molecule has 0 aliphatic rings. The predicted molar refractivity (Wildman–Crippen MR) is 80.8 cm³/mol. The van der Waals surface area contributed by atoms with Gasteiger partial charge in [0.2, 0.25) is 0 Å². The number of para-hydroxylation sites is 1. The zero-order valence-electron chi connectivity index (χ0n) is 12.2. The van der Waals surface area contributed by atoms with E-state index in [-0.39, 0.29) is 12.1 Å². The van der Waals surface area contributed by atoms with Crippen LogP contribution in [0, 0.1) is 0 Å². The summed E-state index contributed by atoms with van der Waals surface area (Å²) >= 11 is 0. The van der Waals surface area contributed by atoms with Gasteiger partial charge in [-0.1, -0.05) is 32.0 Å². The zero-order valence-corrected chi connectivity index (χ0v) is 12.2. The first kappa shape index (κ1) is 14.8. The van der Waals surface area contributed by atoms with Crippen LogP contribution in [-0.2, 0) is 6.54 Å². The van der Waals surface area contributed by atoms with E-state index in [1.165, 1.54) is 0 Å². The highest BCUT2D eigenvalue weighted by Gasteiger charge is 2.24. The van der Waals surface area contributed by atoms with E-state index in [1.54, 1.807) is 0 Å². The second-order valence-electron chi connectivity index (χ2n) is 5.13. The monoisotopic (exact) mass is 273 g/mol. The van der Waals surface area contributed by atoms with Gasteiger partial charge in [-0.05, 0) is 25.0 Å². The Bertz CT molecular complexity index is 509. The van der Waals surface area contributed by atoms with Crippen molar-refractivity contribution in [1.82, 2.24) is 15.1 Å². The summed E-state index contributed by atoms with van der Waals surface area (Å²) in [6, 6.07) is 10.0. The molecule has 4 nitrogen and oxygen atoms in total. The Morgan fingerprint density at radius 3 is 2.50 bits per heavy atom. The fourth-order valence-corrected chi connectivity index (χ4v) is 2.24. The van der Waals surface area contributed by atoms with E-state index in [1.807, 2.05) is 47.4 Å². The number of nitrogens with zero attached hydrogens (tertiary/aromatic N) is 2. The lowest BCUT2D eigenvalue weighted by Gasteiger charge is -2.30. The molecule has 0 radical (unpaired) electrons. The highest BCUT2D eigenvalue weighted by molar-refractivity contribution is 5.30. The third kappa shape index (κ3) is 3.26. The van der Waals surface area contributed by atoms with Gasteiger partial charge in [-0.3, -0.25) is 0 Å². The average molecular weight is 273 g/mol. The molecule has 0 aliphatic heterocycles. The van der Waals surface area contributed by atoms with Crippen molar-refractivity contribution in [2.45, 2.75) is 38.8 Å². The number of aliphatic hydroxyl groups excluding tert-OH is 1. The maximum absolute atomic E-state index is 9.55. The van der Waals surface area contributed by atoms with E-state index in [4.69, 9.17) is 0 Å². The molecule has 0 unspecified atom stereocenters. The van der Waals surface area contributed by atoms with Crippen molar-refractivity contribution < 1.29 is 5.11 Å². The SMILES string of the molecule is CCC(CC)(CO)NCc1cnn(-c2ccccc2)c1. The number of rotatable bonds is 7. The van der Waals surface area contributed by atoms with Crippen LogP contribution in [0.1, 0.15) is 32.3 Å². The van der Waals surface area contributed by atoms with Crippen molar-refractivity contribution in [3.8, 4) is 5.69 Å². The Hall–Kier alpha value is -1.65. The van der Waals surface area contributed by atoms with Gasteiger partial charge in [-0.25, -0.2) is 4.68 Å². The van der Waals surface area contributed by atoms with Gasteiger partial charge in [0.25, 0.3) is 0 Å². The summed E-state index contributed by atoms with van der Waals surface area (Å²) in [5.74, 6) is 0. The smallest absolute Gasteiger partial charge is 0.0645 e. The number of hydrogen-bond donors (Lipinski definition) is 2. The van der Waals surface area contributed by atoms with Crippen LogP contribution in [0.5, 0.6) is 0 Å². The Kier molecular flexibility index (Phi) is 4.93. The van der Waals surface area contributed by atoms with Crippen molar-refractivity contribution in [3.05, 3.63) is 48.3 Å². The third-order valence-corrected chi connectivity index (χ3v) is 3.98. The molecule has 1 aromatic carbocycles. The van der Waals surface area contributed by atoms with Crippen molar-refractivity contribution in [1.29, 1.82) is 0 Å². The highest BCUT2D eigenvalue weighted by Crippen LogP contribution is 2.15. The largest absolute Gasteiger partial charge is 0.394 e. The quantitative estimate of drug-likeness (QED) is 0.815. The fourth-order valence-electron chi connectivity index (χ4n) is 2.24. The molecule has 0 bridgehead atoms. The number of hydrogen-bond acceptors (Lipinski definition) is 3. The van der Waals surface area contributed by atoms with Crippen LogP contribution in [0.4, 0.5) is 0 Å². The normalized spacial score (nSPS) is 11.8. The molecule has 0 saturated carbocycles. The molecule has 2 N–H and O–H groups in total. The molecule has 1 heterocycles. The highest BCUT2D eigenvalue weighted by atomic mass is 16.3. The Balaban J connectivity index is 2.03. The molecule has 0 saturated heterocycles. The molecular formula is C16H23N3O. The summed E-state index contributed by atoms with van der Waals surface area (Å²) in [4.78, 5) is 0. The molecule has 0 amide bonds. The molecule has 0 fully saturated rings. The van der Waals surface area contributed by atoms with E-state index < -0.39 is 0 Å². The lowest BCUT2D eigenvalue weighted by molar-refractivity contribution is 0.149. The second-order valence-corrected chi connectivity index (χ2v) is 5.13. The van der Waals surface area contributed by atoms with Gasteiger partial charge in [0, 0.05) is 23.8 Å². The molecule has 1 aromatic heterocycles. The summed E-state index contributed by atoms with van der Waals surface area (Å²) in [6.45, 7) is 5.07. The van der Waals surface area contributed by atoms with Crippen molar-refractivity contribution in [2.24, 2.45) is 0 Å². The summed E-state index contributed by atoms with van der Waals surface area (Å²) in [5.41, 5.74) is 1.99. The van der Waals surface area contributed by atoms with Crippen molar-refractivity contribution in [3.63, 3.8) is 0 Å². The van der Waals surface area contributed by atoms with Crippen LogP contribution in [-0.4, -0.2) is 27.0 Å². The molecule has 2 rings (SSSR count). The lowest BCUT2D eigenvalue weighted by atomic mass is 9.94. The Morgan fingerprint density at radius 2 is 1.90 bits per heavy atom. The van der Waals surface area contributed by atoms with Crippen LogP contribution in [0.2, 0.25) is 0 Å². The van der Waals surface area contributed by atoms with Crippen molar-refractivity contribution >= 4 is 0 Å². The van der Waals surface area contributed by atoms with Gasteiger partial charge in [0.15, 0.2) is 0 Å². The van der Waals surface area contributed by atoms with E-state index in [0.29, 0.717) is 0 Å². The van der Waals surface area contributed by atoms with Gasteiger partial charge >= 0.3 is 0 Å². The molecular weight excluding hydrogens is 250 g/mol. The predicted octanol–water partition coefficient (Wildman–Crippen LogP) is 2.51. The Labute approximate surface area is 120 Å². The molecule has 2 aromatic rings. The number of nitrogens with one attached hydrogen (secondary N) is 1. The van der Waals surface area contributed by atoms with Gasteiger partial charge in [0.05, 0.1) is 18.5 Å². The first-order valence-corrected chi connectivity index (χ1v) is 7.18. The molecule has 0 atom stereocenters. The summed E-state index contributed by atoms with van der Waals surface area (Å²) in [5, 5.41) is 17.4. The molecule has 20 heavy (non-hydrogen) atoms. The number of aliphatic hydroxyl groups is 1. The molecule has 0 aliphatic carbocycles. The van der Waals surface area contributed by atoms with Crippen molar-refractivity contribution in [2.75, 3.05) is 6.61 Å². The average Bonchev–Trinajstić information content (AvgIpc) is 2.99. The standard InChI is InChI=1S/C16H23N3O/c1-3-16(4-2,13-20)17-10-14-11-18-19(12-14)15-8-6-5-7-9-15/h5-9,11-12,17,20H,3-4,10,13H2,1-2H3. The minimum Gasteiger partial charge on any atom is -0.394 e. The number of aromatic nitrogens is 2. The summed E-state index contributed by atoms with van der Waals surface area (Å²) in [6.07, 6.45) is 5.71. The first-order valence-electron chi connectivity index (χ1n) is 7.18. The lowest BCUT2D eigenvalue weighted by Crippen LogP contribution is -2.46. The zero-order chi connectivity index (χ0) is 14.4. The van der Waals surface area contributed by atoms with Crippen LogP contribution in [0.25, 0.3) is 5.69 Å². The second kappa shape index (κ2) is 6.68. The topological polar surface area (TPSA) is 50.1 Å². The Morgan fingerprint density at radius 1 is 1.20 bits per heavy atom. The van der Waals surface area contributed by atoms with E-state index in [0.717, 1.165) is 30.6 Å². The fraction of sp³-hybridized carbons (Fsp3) is 0.438. The minimum absolute atomic E-state index is 0.160. The van der Waals surface area contributed by atoms with E-state index >= 15 is 0 Å². The maximum Gasteiger partial charge on any atom is 0.0645 e. The van der Waals surface area contributed by atoms with Gasteiger partial charge in [-0.2, -0.15) is 5.10 Å².